The van der Waals surface area contributed by atoms with Crippen LogP contribution in [0.2, 0.25) is 0 Å². The van der Waals surface area contributed by atoms with Gasteiger partial charge in [-0.2, -0.15) is 0 Å². The SMILES string of the molecule is CCCCCCCCCCCCCCCCCCCC(=O)c1ccc(OC)cc1. The Morgan fingerprint density at radius 3 is 1.38 bits per heavy atom. The number of ketones is 1. The standard InChI is InChI=1S/C27H46O2/c1-3-4-5-6-7-8-9-10-11-12-13-14-15-16-17-18-19-20-27(28)25-21-23-26(29-2)24-22-25/h21-24H,3-20H2,1-2H3. The lowest BCUT2D eigenvalue weighted by Crippen LogP contribution is -1.98. The average Bonchev–Trinajstić information content (AvgIpc) is 2.75. The molecule has 0 bridgehead atoms. The predicted molar refractivity (Wildman–Crippen MR) is 126 cm³/mol. The van der Waals surface area contributed by atoms with Crippen LogP contribution in [0, 0.1) is 0 Å². The van der Waals surface area contributed by atoms with Gasteiger partial charge in [-0.1, -0.05) is 110 Å². The van der Waals surface area contributed by atoms with Crippen molar-refractivity contribution in [1.29, 1.82) is 0 Å². The van der Waals surface area contributed by atoms with Crippen LogP contribution < -0.4 is 4.74 Å². The Kier molecular flexibility index (Phi) is 16.6. The average molecular weight is 403 g/mol. The molecule has 0 N–H and O–H groups in total. The molecule has 2 heteroatoms. The molecule has 29 heavy (non-hydrogen) atoms. The molecule has 0 aromatic heterocycles. The molecule has 2 nitrogen and oxygen atoms in total. The van der Waals surface area contributed by atoms with Crippen molar-refractivity contribution in [3.63, 3.8) is 0 Å². The molecular formula is C27H46O2. The smallest absolute Gasteiger partial charge is 0.162 e. The highest BCUT2D eigenvalue weighted by atomic mass is 16.5. The summed E-state index contributed by atoms with van der Waals surface area (Å²) in [7, 11) is 1.65. The molecule has 0 aliphatic heterocycles. The number of unbranched alkanes of at least 4 members (excludes halogenated alkanes) is 16. The number of Topliss-reactive ketones (excluding diaryl/α,β-unsaturated/α-hetero) is 1. The van der Waals surface area contributed by atoms with Crippen molar-refractivity contribution in [2.24, 2.45) is 0 Å². The van der Waals surface area contributed by atoms with E-state index in [-0.39, 0.29) is 5.78 Å². The van der Waals surface area contributed by atoms with E-state index in [0.29, 0.717) is 6.42 Å². The topological polar surface area (TPSA) is 26.3 Å². The van der Waals surface area contributed by atoms with Crippen LogP contribution >= 0.6 is 0 Å². The second-order valence-electron chi connectivity index (χ2n) is 8.56. The van der Waals surface area contributed by atoms with Gasteiger partial charge < -0.3 is 4.74 Å². The Morgan fingerprint density at radius 1 is 0.621 bits per heavy atom. The van der Waals surface area contributed by atoms with Crippen molar-refractivity contribution in [1.82, 2.24) is 0 Å². The van der Waals surface area contributed by atoms with Crippen LogP contribution in [-0.2, 0) is 0 Å². The normalized spacial score (nSPS) is 11.0. The van der Waals surface area contributed by atoms with Crippen molar-refractivity contribution in [3.05, 3.63) is 29.8 Å². The number of methoxy groups -OCH3 is 1. The van der Waals surface area contributed by atoms with Gasteiger partial charge in [-0.05, 0) is 30.7 Å². The molecular weight excluding hydrogens is 356 g/mol. The minimum atomic E-state index is 0.258. The van der Waals surface area contributed by atoms with Gasteiger partial charge in [-0.15, -0.1) is 0 Å². The summed E-state index contributed by atoms with van der Waals surface area (Å²) in [5, 5.41) is 0. The van der Waals surface area contributed by atoms with Crippen molar-refractivity contribution in [2.75, 3.05) is 7.11 Å². The van der Waals surface area contributed by atoms with Crippen LogP contribution in [0.15, 0.2) is 24.3 Å². The van der Waals surface area contributed by atoms with Gasteiger partial charge in [0.25, 0.3) is 0 Å². The summed E-state index contributed by atoms with van der Waals surface area (Å²) < 4.78 is 5.13. The van der Waals surface area contributed by atoms with Gasteiger partial charge in [0.2, 0.25) is 0 Å². The van der Waals surface area contributed by atoms with E-state index in [0.717, 1.165) is 17.7 Å². The number of carbonyl (C=O) groups excluding carboxylic acids is 1. The van der Waals surface area contributed by atoms with Crippen LogP contribution in [0.1, 0.15) is 133 Å². The Hall–Kier alpha value is -1.31. The molecule has 0 atom stereocenters. The lowest BCUT2D eigenvalue weighted by Gasteiger charge is -2.04. The maximum atomic E-state index is 12.2. The minimum absolute atomic E-state index is 0.258. The summed E-state index contributed by atoms with van der Waals surface area (Å²) in [5.74, 6) is 1.06. The predicted octanol–water partition coefficient (Wildman–Crippen LogP) is 8.92. The van der Waals surface area contributed by atoms with E-state index in [9.17, 15) is 4.79 Å². The first-order valence-corrected chi connectivity index (χ1v) is 12.4. The molecule has 0 unspecified atom stereocenters. The number of hydrogen-bond donors (Lipinski definition) is 0. The van der Waals surface area contributed by atoms with E-state index in [1.807, 2.05) is 24.3 Å². The quantitative estimate of drug-likeness (QED) is 0.161. The maximum Gasteiger partial charge on any atom is 0.162 e. The van der Waals surface area contributed by atoms with Gasteiger partial charge in [-0.3, -0.25) is 4.79 Å². The summed E-state index contributed by atoms with van der Waals surface area (Å²) in [6.07, 6.45) is 23.9. The number of rotatable bonds is 20. The fraction of sp³-hybridized carbons (Fsp3) is 0.741. The number of hydrogen-bond acceptors (Lipinski definition) is 2. The first-order valence-electron chi connectivity index (χ1n) is 12.4. The first kappa shape index (κ1) is 25.7. The van der Waals surface area contributed by atoms with Crippen LogP contribution in [0.3, 0.4) is 0 Å². The van der Waals surface area contributed by atoms with Crippen molar-refractivity contribution < 1.29 is 9.53 Å². The van der Waals surface area contributed by atoms with Gasteiger partial charge in [0, 0.05) is 12.0 Å². The summed E-state index contributed by atoms with van der Waals surface area (Å²) in [6.45, 7) is 2.29. The lowest BCUT2D eigenvalue weighted by atomic mass is 10.0. The second kappa shape index (κ2) is 18.7. The zero-order valence-corrected chi connectivity index (χ0v) is 19.4. The van der Waals surface area contributed by atoms with Gasteiger partial charge in [0.05, 0.1) is 7.11 Å². The van der Waals surface area contributed by atoms with E-state index in [1.54, 1.807) is 7.11 Å². The zero-order valence-electron chi connectivity index (χ0n) is 19.4. The molecule has 1 rings (SSSR count). The van der Waals surface area contributed by atoms with Gasteiger partial charge in [0.1, 0.15) is 5.75 Å². The van der Waals surface area contributed by atoms with Gasteiger partial charge in [-0.25, -0.2) is 0 Å². The summed E-state index contributed by atoms with van der Waals surface area (Å²) >= 11 is 0. The van der Waals surface area contributed by atoms with Crippen LogP contribution in [0.25, 0.3) is 0 Å². The molecule has 0 spiro atoms. The van der Waals surface area contributed by atoms with Crippen LogP contribution in [0.5, 0.6) is 5.75 Å². The van der Waals surface area contributed by atoms with Crippen molar-refractivity contribution in [3.8, 4) is 5.75 Å². The van der Waals surface area contributed by atoms with E-state index in [4.69, 9.17) is 4.74 Å². The third-order valence-electron chi connectivity index (χ3n) is 5.92. The highest BCUT2D eigenvalue weighted by Crippen LogP contribution is 2.16. The van der Waals surface area contributed by atoms with Gasteiger partial charge >= 0.3 is 0 Å². The highest BCUT2D eigenvalue weighted by Gasteiger charge is 2.05. The summed E-state index contributed by atoms with van der Waals surface area (Å²) in [5.41, 5.74) is 0.808. The van der Waals surface area contributed by atoms with Crippen molar-refractivity contribution >= 4 is 5.78 Å². The molecule has 166 valence electrons. The fourth-order valence-corrected chi connectivity index (χ4v) is 3.93. The molecule has 0 aliphatic rings. The molecule has 0 saturated heterocycles. The Bertz CT molecular complexity index is 492. The van der Waals surface area contributed by atoms with E-state index in [1.165, 1.54) is 103 Å². The lowest BCUT2D eigenvalue weighted by molar-refractivity contribution is 0.0979. The Balaban J connectivity index is 1.81. The number of carbonyl (C=O) groups is 1. The monoisotopic (exact) mass is 402 g/mol. The Morgan fingerprint density at radius 2 is 1.00 bits per heavy atom. The van der Waals surface area contributed by atoms with Crippen LogP contribution in [-0.4, -0.2) is 12.9 Å². The van der Waals surface area contributed by atoms with Crippen LogP contribution in [0.4, 0.5) is 0 Å². The summed E-state index contributed by atoms with van der Waals surface area (Å²) in [4.78, 5) is 12.2. The highest BCUT2D eigenvalue weighted by molar-refractivity contribution is 5.96. The minimum Gasteiger partial charge on any atom is -0.497 e. The molecule has 1 aromatic carbocycles. The third-order valence-corrected chi connectivity index (χ3v) is 5.92. The van der Waals surface area contributed by atoms with Gasteiger partial charge in [0.15, 0.2) is 5.78 Å². The van der Waals surface area contributed by atoms with E-state index < -0.39 is 0 Å². The second-order valence-corrected chi connectivity index (χ2v) is 8.56. The molecule has 0 radical (unpaired) electrons. The summed E-state index contributed by atoms with van der Waals surface area (Å²) in [6, 6.07) is 7.47. The van der Waals surface area contributed by atoms with E-state index >= 15 is 0 Å². The van der Waals surface area contributed by atoms with Crippen molar-refractivity contribution in [2.45, 2.75) is 122 Å². The number of benzene rings is 1. The fourth-order valence-electron chi connectivity index (χ4n) is 3.93. The van der Waals surface area contributed by atoms with E-state index in [2.05, 4.69) is 6.92 Å². The largest absolute Gasteiger partial charge is 0.497 e. The molecule has 0 fully saturated rings. The molecule has 0 saturated carbocycles. The number of ether oxygens (including phenoxy) is 1. The zero-order chi connectivity index (χ0) is 21.0. The molecule has 1 aromatic rings. The maximum absolute atomic E-state index is 12.2. The molecule has 0 aliphatic carbocycles. The first-order chi connectivity index (χ1) is 14.3. The Labute approximate surface area is 180 Å². The molecule has 0 amide bonds. The third kappa shape index (κ3) is 14.3. The molecule has 0 heterocycles.